The number of ether oxygens (including phenoxy) is 4. The summed E-state index contributed by atoms with van der Waals surface area (Å²) in [5.74, 6) is -0.819. The van der Waals surface area contributed by atoms with Crippen molar-refractivity contribution < 1.29 is 56.9 Å². The maximum atomic E-state index is 14.1. The largest absolute Gasteiger partial charge is 0.519 e. The van der Waals surface area contributed by atoms with Crippen LogP contribution in [0.1, 0.15) is 114 Å². The Labute approximate surface area is 328 Å². The normalized spacial score (nSPS) is 13.1. The third-order valence-corrected chi connectivity index (χ3v) is 9.08. The van der Waals surface area contributed by atoms with Gasteiger partial charge in [-0.2, -0.15) is 0 Å². The molecule has 308 valence electrons. The second kappa shape index (κ2) is 25.8. The Morgan fingerprint density at radius 1 is 0.929 bits per heavy atom. The highest BCUT2D eigenvalue weighted by Crippen LogP contribution is 2.28. The van der Waals surface area contributed by atoms with Crippen LogP contribution in [0.25, 0.3) is 0 Å². The van der Waals surface area contributed by atoms with Crippen molar-refractivity contribution in [1.29, 1.82) is 0 Å². The Hall–Kier alpha value is -5.16. The van der Waals surface area contributed by atoms with Crippen molar-refractivity contribution in [2.75, 3.05) is 20.8 Å². The number of aliphatic hydroxyl groups is 1. The molecule has 0 aliphatic carbocycles. The number of ketones is 1. The number of allylic oxidation sites excluding steroid dienone is 1. The molecule has 1 aromatic heterocycles. The minimum atomic E-state index is -2.84. The van der Waals surface area contributed by atoms with Gasteiger partial charge in [0.2, 0.25) is 5.91 Å². The number of benzene rings is 1. The molecule has 1 heterocycles. The molecule has 0 saturated carbocycles. The Morgan fingerprint density at radius 2 is 1.59 bits per heavy atom. The van der Waals surface area contributed by atoms with E-state index in [4.69, 9.17) is 27.8 Å². The Bertz CT molecular complexity index is 1690. The van der Waals surface area contributed by atoms with E-state index in [2.05, 4.69) is 24.1 Å². The minimum absolute atomic E-state index is 0.0235. The topological polar surface area (TPSA) is 198 Å². The molecule has 2 aromatic rings. The molecule has 2 rings (SSSR count). The summed E-state index contributed by atoms with van der Waals surface area (Å²) in [6.45, 7) is 4.78. The lowest BCUT2D eigenvalue weighted by Crippen LogP contribution is -2.56. The van der Waals surface area contributed by atoms with Crippen LogP contribution in [0.4, 0.5) is 0 Å². The molecule has 0 radical (unpaired) electrons. The fraction of sp³-hybridized carbons (Fsp3) is 0.571. The molecular formula is C42H57NO13. The summed E-state index contributed by atoms with van der Waals surface area (Å²) in [7, 11) is 2.20. The monoisotopic (exact) mass is 783 g/mol. The highest BCUT2D eigenvalue weighted by molar-refractivity contribution is 5.95. The van der Waals surface area contributed by atoms with Gasteiger partial charge in [-0.1, -0.05) is 75.7 Å². The van der Waals surface area contributed by atoms with Crippen molar-refractivity contribution in [3.63, 3.8) is 0 Å². The van der Waals surface area contributed by atoms with Gasteiger partial charge in [-0.3, -0.25) is 14.4 Å². The maximum Gasteiger partial charge on any atom is 0.519 e. The van der Waals surface area contributed by atoms with Crippen LogP contribution in [0.5, 0.6) is 5.75 Å². The molecule has 1 amide bonds. The first-order valence-corrected chi connectivity index (χ1v) is 19.1. The second-order valence-electron chi connectivity index (χ2n) is 13.4. The number of aryl methyl sites for hydroxylation is 1. The third kappa shape index (κ3) is 16.7. The zero-order chi connectivity index (χ0) is 41.3. The SMILES string of the molecule is CC#CCOc1ccc(C[C@H](NC(=O)[C@@H](C=CCCCCCCC(=O)CCCCCCC)[C@@](O)(CC(=O)OC)C(=O)OCc2oc(=O)oc2C)C(=O)OC)cc1. The van der Waals surface area contributed by atoms with Gasteiger partial charge in [-0.05, 0) is 57.2 Å². The second-order valence-corrected chi connectivity index (χ2v) is 13.4. The van der Waals surface area contributed by atoms with Gasteiger partial charge in [0.05, 0.1) is 26.6 Å². The first-order chi connectivity index (χ1) is 26.9. The molecule has 0 bridgehead atoms. The van der Waals surface area contributed by atoms with E-state index in [1.165, 1.54) is 19.4 Å². The van der Waals surface area contributed by atoms with Gasteiger partial charge in [0, 0.05) is 19.3 Å². The number of hydrogen-bond acceptors (Lipinski definition) is 13. The molecular weight excluding hydrogens is 726 g/mol. The summed E-state index contributed by atoms with van der Waals surface area (Å²) in [6, 6.07) is 5.47. The molecule has 0 saturated heterocycles. The lowest BCUT2D eigenvalue weighted by Gasteiger charge is -2.31. The van der Waals surface area contributed by atoms with Crippen molar-refractivity contribution in [1.82, 2.24) is 5.32 Å². The molecule has 56 heavy (non-hydrogen) atoms. The van der Waals surface area contributed by atoms with Crippen LogP contribution < -0.4 is 15.9 Å². The first-order valence-electron chi connectivity index (χ1n) is 19.1. The molecule has 0 fully saturated rings. The lowest BCUT2D eigenvalue weighted by molar-refractivity contribution is -0.180. The van der Waals surface area contributed by atoms with E-state index >= 15 is 0 Å². The number of amides is 1. The van der Waals surface area contributed by atoms with Crippen LogP contribution in [-0.4, -0.2) is 67.2 Å². The average Bonchev–Trinajstić information content (AvgIpc) is 3.51. The molecule has 14 heteroatoms. The number of methoxy groups -OCH3 is 2. The van der Waals surface area contributed by atoms with Gasteiger partial charge in [-0.15, -0.1) is 5.92 Å². The first kappa shape index (κ1) is 47.0. The number of unbranched alkanes of at least 4 members (excludes halogenated alkanes) is 8. The molecule has 0 aliphatic rings. The number of rotatable bonds is 27. The third-order valence-electron chi connectivity index (χ3n) is 9.08. The van der Waals surface area contributed by atoms with E-state index in [0.29, 0.717) is 37.0 Å². The van der Waals surface area contributed by atoms with E-state index < -0.39 is 60.2 Å². The zero-order valence-corrected chi connectivity index (χ0v) is 33.3. The highest BCUT2D eigenvalue weighted by atomic mass is 16.6. The summed E-state index contributed by atoms with van der Waals surface area (Å²) in [5.41, 5.74) is -2.22. The van der Waals surface area contributed by atoms with E-state index in [0.717, 1.165) is 59.2 Å². The summed E-state index contributed by atoms with van der Waals surface area (Å²) in [4.78, 5) is 77.0. The summed E-state index contributed by atoms with van der Waals surface area (Å²) in [6.07, 6.45) is 11.9. The summed E-state index contributed by atoms with van der Waals surface area (Å²) < 4.78 is 30.2. The quantitative estimate of drug-likeness (QED) is 0.0372. The van der Waals surface area contributed by atoms with Crippen molar-refractivity contribution >= 4 is 29.6 Å². The van der Waals surface area contributed by atoms with Crippen molar-refractivity contribution in [2.45, 2.75) is 129 Å². The lowest BCUT2D eigenvalue weighted by atomic mass is 9.82. The number of hydrogen-bond donors (Lipinski definition) is 2. The molecule has 1 aromatic carbocycles. The van der Waals surface area contributed by atoms with Crippen molar-refractivity contribution in [3.8, 4) is 17.6 Å². The predicted octanol–water partition coefficient (Wildman–Crippen LogP) is 5.62. The Kier molecular flexibility index (Phi) is 21.7. The number of nitrogens with one attached hydrogen (secondary N) is 1. The molecule has 14 nitrogen and oxygen atoms in total. The van der Waals surface area contributed by atoms with Crippen LogP contribution in [0.15, 0.2) is 50.0 Å². The number of Topliss-reactive ketones (excluding diaryl/α,β-unsaturated/α-hetero) is 1. The van der Waals surface area contributed by atoms with Crippen LogP contribution in [0.3, 0.4) is 0 Å². The average molecular weight is 784 g/mol. The van der Waals surface area contributed by atoms with Crippen LogP contribution in [0, 0.1) is 24.7 Å². The van der Waals surface area contributed by atoms with Gasteiger partial charge < -0.3 is 38.2 Å². The molecule has 3 atom stereocenters. The number of carbonyl (C=O) groups excluding carboxylic acids is 5. The van der Waals surface area contributed by atoms with Crippen molar-refractivity contribution in [3.05, 3.63) is 64.1 Å². The number of esters is 3. The van der Waals surface area contributed by atoms with Gasteiger partial charge in [0.1, 0.15) is 24.2 Å². The fourth-order valence-corrected chi connectivity index (χ4v) is 5.79. The van der Waals surface area contributed by atoms with Gasteiger partial charge >= 0.3 is 23.7 Å². The van der Waals surface area contributed by atoms with E-state index in [9.17, 15) is 33.9 Å². The maximum absolute atomic E-state index is 14.1. The van der Waals surface area contributed by atoms with Crippen molar-refractivity contribution in [2.24, 2.45) is 5.92 Å². The van der Waals surface area contributed by atoms with Gasteiger partial charge in [-0.25, -0.2) is 14.4 Å². The zero-order valence-electron chi connectivity index (χ0n) is 33.3. The highest BCUT2D eigenvalue weighted by Gasteiger charge is 2.50. The molecule has 0 aliphatic heterocycles. The minimum Gasteiger partial charge on any atom is -0.481 e. The Balaban J connectivity index is 2.27. The van der Waals surface area contributed by atoms with Crippen LogP contribution >= 0.6 is 0 Å². The van der Waals surface area contributed by atoms with E-state index in [-0.39, 0.29) is 30.3 Å². The molecule has 0 unspecified atom stereocenters. The summed E-state index contributed by atoms with van der Waals surface area (Å²) in [5, 5.41) is 14.5. The molecule has 0 spiro atoms. The van der Waals surface area contributed by atoms with Gasteiger partial charge in [0.15, 0.2) is 23.7 Å². The van der Waals surface area contributed by atoms with Crippen LogP contribution in [-0.2, 0) is 51.2 Å². The fourth-order valence-electron chi connectivity index (χ4n) is 5.79. The van der Waals surface area contributed by atoms with Gasteiger partial charge in [0.25, 0.3) is 0 Å². The summed E-state index contributed by atoms with van der Waals surface area (Å²) >= 11 is 0. The molecule has 2 N–H and O–H groups in total. The van der Waals surface area contributed by atoms with E-state index in [1.54, 1.807) is 37.3 Å². The predicted molar refractivity (Wildman–Crippen MR) is 205 cm³/mol. The standard InChI is InChI=1S/C42H57NO13/c1-6-8-10-13-16-19-32(44)20-17-14-11-12-15-18-21-34(42(50,28-37(45)51-4)40(48)54-29-36-30(3)55-41(49)56-36)38(46)43-35(39(47)52-5)27-31-22-24-33(25-23-31)53-26-9-7-2/h18,21-25,34-35,50H,6,8,10-17,19-20,26-29H2,1-5H3,(H,43,46)/t34-,35+,42+/m1/s1. The van der Waals surface area contributed by atoms with Crippen LogP contribution in [0.2, 0.25) is 0 Å². The van der Waals surface area contributed by atoms with E-state index in [1.807, 2.05) is 0 Å². The number of carbonyl (C=O) groups is 5. The Morgan fingerprint density at radius 3 is 2.18 bits per heavy atom. The smallest absolute Gasteiger partial charge is 0.481 e.